The van der Waals surface area contributed by atoms with E-state index in [0.29, 0.717) is 11.3 Å². The number of amides is 1. The molecule has 0 saturated carbocycles. The Morgan fingerprint density at radius 2 is 2.36 bits per heavy atom. The molecule has 0 saturated heterocycles. The minimum absolute atomic E-state index is 0.264. The van der Waals surface area contributed by atoms with Crippen LogP contribution in [0.25, 0.3) is 0 Å². The van der Waals surface area contributed by atoms with Crippen LogP contribution < -0.4 is 11.1 Å². The van der Waals surface area contributed by atoms with E-state index in [1.807, 2.05) is 6.07 Å². The first kappa shape index (κ1) is 10.2. The number of nitrogens with one attached hydrogen (secondary N) is 1. The predicted octanol–water partition coefficient (Wildman–Crippen LogP) is 0.844. The smallest absolute Gasteiger partial charge is 0.240 e. The van der Waals surface area contributed by atoms with E-state index in [4.69, 9.17) is 11.0 Å². The molecule has 1 rings (SSSR count). The van der Waals surface area contributed by atoms with Crippen molar-refractivity contribution in [3.05, 3.63) is 29.8 Å². The summed E-state index contributed by atoms with van der Waals surface area (Å²) in [5.41, 5.74) is 6.47. The second-order valence-electron chi connectivity index (χ2n) is 2.97. The van der Waals surface area contributed by atoms with Gasteiger partial charge in [0.2, 0.25) is 5.91 Å². The Kier molecular flexibility index (Phi) is 3.21. The molecule has 0 bridgehead atoms. The maximum Gasteiger partial charge on any atom is 0.240 e. The number of nitrogens with zero attached hydrogens (tertiary/aromatic N) is 1. The van der Waals surface area contributed by atoms with Gasteiger partial charge < -0.3 is 11.1 Å². The van der Waals surface area contributed by atoms with Gasteiger partial charge in [-0.2, -0.15) is 5.26 Å². The Bertz CT molecular complexity index is 379. The Morgan fingerprint density at radius 1 is 1.64 bits per heavy atom. The highest BCUT2D eigenvalue weighted by molar-refractivity contribution is 5.94. The quantitative estimate of drug-likeness (QED) is 0.723. The monoisotopic (exact) mass is 189 g/mol. The SMILES string of the molecule is C[C@@H](N)C(=O)Nc1cccc(C#N)c1. The average molecular weight is 189 g/mol. The highest BCUT2D eigenvalue weighted by Gasteiger charge is 2.06. The van der Waals surface area contributed by atoms with E-state index in [0.717, 1.165) is 0 Å². The number of benzene rings is 1. The fourth-order valence-electron chi connectivity index (χ4n) is 0.923. The fraction of sp³-hybridized carbons (Fsp3) is 0.200. The Balaban J connectivity index is 2.78. The van der Waals surface area contributed by atoms with Crippen LogP contribution in [0.1, 0.15) is 12.5 Å². The molecule has 0 aliphatic heterocycles. The lowest BCUT2D eigenvalue weighted by atomic mass is 10.2. The molecule has 0 unspecified atom stereocenters. The molecule has 0 aromatic heterocycles. The zero-order valence-electron chi connectivity index (χ0n) is 7.82. The molecule has 4 nitrogen and oxygen atoms in total. The molecule has 0 aliphatic carbocycles. The first-order chi connectivity index (χ1) is 6.63. The number of nitrogens with two attached hydrogens (primary N) is 1. The van der Waals surface area contributed by atoms with Crippen LogP contribution in [0.15, 0.2) is 24.3 Å². The maximum absolute atomic E-state index is 11.2. The summed E-state index contributed by atoms with van der Waals surface area (Å²) in [6, 6.07) is 8.11. The molecular weight excluding hydrogens is 178 g/mol. The summed E-state index contributed by atoms with van der Waals surface area (Å²) < 4.78 is 0. The molecule has 4 heteroatoms. The number of carbonyl (C=O) groups is 1. The van der Waals surface area contributed by atoms with E-state index in [2.05, 4.69) is 5.32 Å². The van der Waals surface area contributed by atoms with E-state index in [9.17, 15) is 4.79 Å². The summed E-state index contributed by atoms with van der Waals surface area (Å²) in [7, 11) is 0. The van der Waals surface area contributed by atoms with E-state index in [-0.39, 0.29) is 5.91 Å². The maximum atomic E-state index is 11.2. The molecule has 1 aromatic carbocycles. The van der Waals surface area contributed by atoms with Crippen molar-refractivity contribution in [2.75, 3.05) is 5.32 Å². The van der Waals surface area contributed by atoms with Crippen LogP contribution in [0.4, 0.5) is 5.69 Å². The van der Waals surface area contributed by atoms with Crippen LogP contribution in [-0.4, -0.2) is 11.9 Å². The van der Waals surface area contributed by atoms with Gasteiger partial charge >= 0.3 is 0 Å². The third-order valence-corrected chi connectivity index (χ3v) is 1.67. The number of rotatable bonds is 2. The lowest BCUT2D eigenvalue weighted by Crippen LogP contribution is -2.32. The van der Waals surface area contributed by atoms with E-state index < -0.39 is 6.04 Å². The first-order valence-electron chi connectivity index (χ1n) is 4.20. The van der Waals surface area contributed by atoms with Crippen molar-refractivity contribution in [3.63, 3.8) is 0 Å². The minimum Gasteiger partial charge on any atom is -0.325 e. The summed E-state index contributed by atoms with van der Waals surface area (Å²) in [5.74, 6) is -0.264. The van der Waals surface area contributed by atoms with E-state index in [1.165, 1.54) is 0 Å². The van der Waals surface area contributed by atoms with Crippen molar-refractivity contribution in [2.45, 2.75) is 13.0 Å². The number of hydrogen-bond donors (Lipinski definition) is 2. The van der Waals surface area contributed by atoms with Crippen molar-refractivity contribution in [3.8, 4) is 6.07 Å². The van der Waals surface area contributed by atoms with Gasteiger partial charge in [0.25, 0.3) is 0 Å². The summed E-state index contributed by atoms with van der Waals surface area (Å²) in [5, 5.41) is 11.2. The molecule has 72 valence electrons. The normalized spacial score (nSPS) is 11.5. The third-order valence-electron chi connectivity index (χ3n) is 1.67. The minimum atomic E-state index is -0.555. The molecular formula is C10H11N3O. The topological polar surface area (TPSA) is 78.9 Å². The van der Waals surface area contributed by atoms with Gasteiger partial charge in [-0.25, -0.2) is 0 Å². The summed E-state index contributed by atoms with van der Waals surface area (Å²) in [4.78, 5) is 11.2. The van der Waals surface area contributed by atoms with Crippen LogP contribution in [0, 0.1) is 11.3 Å². The molecule has 0 radical (unpaired) electrons. The predicted molar refractivity (Wildman–Crippen MR) is 53.4 cm³/mol. The van der Waals surface area contributed by atoms with Gasteiger partial charge in [-0.1, -0.05) is 6.07 Å². The van der Waals surface area contributed by atoms with Gasteiger partial charge in [0, 0.05) is 5.69 Å². The number of hydrogen-bond acceptors (Lipinski definition) is 3. The summed E-state index contributed by atoms with van der Waals surface area (Å²) in [6.45, 7) is 1.60. The molecule has 0 spiro atoms. The molecule has 3 N–H and O–H groups in total. The lowest BCUT2D eigenvalue weighted by molar-refractivity contribution is -0.117. The molecule has 0 aliphatic rings. The van der Waals surface area contributed by atoms with E-state index in [1.54, 1.807) is 31.2 Å². The Labute approximate surface area is 82.3 Å². The fourth-order valence-corrected chi connectivity index (χ4v) is 0.923. The van der Waals surface area contributed by atoms with Gasteiger partial charge in [0.15, 0.2) is 0 Å². The Hall–Kier alpha value is -1.86. The van der Waals surface area contributed by atoms with Crippen molar-refractivity contribution >= 4 is 11.6 Å². The Morgan fingerprint density at radius 3 is 2.93 bits per heavy atom. The number of nitriles is 1. The summed E-state index contributed by atoms with van der Waals surface area (Å²) >= 11 is 0. The van der Waals surface area contributed by atoms with Crippen LogP contribution in [0.3, 0.4) is 0 Å². The molecule has 14 heavy (non-hydrogen) atoms. The average Bonchev–Trinajstić information content (AvgIpc) is 2.18. The summed E-state index contributed by atoms with van der Waals surface area (Å²) in [6.07, 6.45) is 0. The number of anilines is 1. The largest absolute Gasteiger partial charge is 0.325 e. The van der Waals surface area contributed by atoms with Gasteiger partial charge in [-0.15, -0.1) is 0 Å². The van der Waals surface area contributed by atoms with Crippen LogP contribution in [0.2, 0.25) is 0 Å². The van der Waals surface area contributed by atoms with Crippen LogP contribution in [0.5, 0.6) is 0 Å². The second kappa shape index (κ2) is 4.40. The third kappa shape index (κ3) is 2.57. The van der Waals surface area contributed by atoms with Crippen molar-refractivity contribution in [2.24, 2.45) is 5.73 Å². The van der Waals surface area contributed by atoms with Crippen molar-refractivity contribution in [1.29, 1.82) is 5.26 Å². The zero-order valence-corrected chi connectivity index (χ0v) is 7.82. The highest BCUT2D eigenvalue weighted by Crippen LogP contribution is 2.09. The standard InChI is InChI=1S/C10H11N3O/c1-7(12)10(14)13-9-4-2-3-8(5-9)6-11/h2-5,7H,12H2,1H3,(H,13,14)/t7-/m1/s1. The molecule has 1 amide bonds. The first-order valence-corrected chi connectivity index (χ1v) is 4.20. The van der Waals surface area contributed by atoms with Crippen molar-refractivity contribution in [1.82, 2.24) is 0 Å². The van der Waals surface area contributed by atoms with Gasteiger partial charge in [0.05, 0.1) is 17.7 Å². The van der Waals surface area contributed by atoms with Crippen LogP contribution >= 0.6 is 0 Å². The number of carbonyl (C=O) groups excluding carboxylic acids is 1. The molecule has 1 atom stereocenters. The molecule has 0 heterocycles. The zero-order chi connectivity index (χ0) is 10.6. The van der Waals surface area contributed by atoms with Gasteiger partial charge in [-0.05, 0) is 25.1 Å². The highest BCUT2D eigenvalue weighted by atomic mass is 16.2. The lowest BCUT2D eigenvalue weighted by Gasteiger charge is -2.07. The van der Waals surface area contributed by atoms with Crippen molar-refractivity contribution < 1.29 is 4.79 Å². The van der Waals surface area contributed by atoms with E-state index >= 15 is 0 Å². The molecule has 0 fully saturated rings. The van der Waals surface area contributed by atoms with Crippen LogP contribution in [-0.2, 0) is 4.79 Å². The van der Waals surface area contributed by atoms with Gasteiger partial charge in [0.1, 0.15) is 0 Å². The molecule has 1 aromatic rings. The van der Waals surface area contributed by atoms with Gasteiger partial charge in [-0.3, -0.25) is 4.79 Å². The second-order valence-corrected chi connectivity index (χ2v) is 2.97.